The predicted molar refractivity (Wildman–Crippen MR) is 99.6 cm³/mol. The summed E-state index contributed by atoms with van der Waals surface area (Å²) in [6.07, 6.45) is 5.39. The highest BCUT2D eigenvalue weighted by Gasteiger charge is 2.15. The molecule has 1 aromatic heterocycles. The van der Waals surface area contributed by atoms with Crippen molar-refractivity contribution in [3.63, 3.8) is 0 Å². The van der Waals surface area contributed by atoms with Crippen molar-refractivity contribution in [1.82, 2.24) is 4.90 Å². The smallest absolute Gasteiger partial charge is 0.344 e. The Bertz CT molecular complexity index is 984. The lowest BCUT2D eigenvalue weighted by molar-refractivity contribution is 0.369. The number of fused-ring (bicyclic) bond motifs is 1. The van der Waals surface area contributed by atoms with Gasteiger partial charge in [0.2, 0.25) is 0 Å². The Morgan fingerprint density at radius 2 is 1.96 bits per heavy atom. The summed E-state index contributed by atoms with van der Waals surface area (Å²) in [7, 11) is 3.51. The van der Waals surface area contributed by atoms with Gasteiger partial charge in [-0.2, -0.15) is 0 Å². The number of terminal acetylenes is 1. The molecule has 126 valence electrons. The Hall–Kier alpha value is -3.03. The lowest BCUT2D eigenvalue weighted by Gasteiger charge is -2.16. The molecule has 0 bridgehead atoms. The average molecular weight is 333 g/mol. The maximum Gasteiger partial charge on any atom is 0.344 e. The van der Waals surface area contributed by atoms with Crippen LogP contribution in [0.1, 0.15) is 5.56 Å². The van der Waals surface area contributed by atoms with Gasteiger partial charge in [0.15, 0.2) is 11.3 Å². The number of hydrogen-bond acceptors (Lipinski definition) is 4. The second-order valence-corrected chi connectivity index (χ2v) is 5.86. The molecule has 2 aromatic carbocycles. The zero-order valence-electron chi connectivity index (χ0n) is 14.3. The first kappa shape index (κ1) is 16.8. The molecule has 0 amide bonds. The van der Waals surface area contributed by atoms with Crippen LogP contribution >= 0.6 is 0 Å². The maximum atomic E-state index is 12.5. The molecular weight excluding hydrogens is 314 g/mol. The fourth-order valence-corrected chi connectivity index (χ4v) is 2.85. The average Bonchev–Trinajstić information content (AvgIpc) is 2.62. The molecule has 3 aromatic rings. The van der Waals surface area contributed by atoms with Crippen molar-refractivity contribution in [2.45, 2.75) is 6.54 Å². The molecule has 0 fully saturated rings. The molecule has 4 nitrogen and oxygen atoms in total. The van der Waals surface area contributed by atoms with Crippen LogP contribution < -0.4 is 10.4 Å². The standard InChI is InChI=1S/C21H19NO3/c1-4-12-22(2)14-16-10-11-19(24-3)20-17(16)13-18(21(23)25-20)15-8-6-5-7-9-15/h1,5-11,13H,12,14H2,2-3H3. The Morgan fingerprint density at radius 1 is 1.20 bits per heavy atom. The molecule has 0 unspecified atom stereocenters. The fourth-order valence-electron chi connectivity index (χ4n) is 2.85. The molecule has 0 saturated carbocycles. The van der Waals surface area contributed by atoms with Crippen molar-refractivity contribution < 1.29 is 9.15 Å². The van der Waals surface area contributed by atoms with E-state index in [1.54, 1.807) is 7.11 Å². The van der Waals surface area contributed by atoms with Gasteiger partial charge in [-0.3, -0.25) is 4.90 Å². The quantitative estimate of drug-likeness (QED) is 0.529. The molecule has 3 rings (SSSR count). The van der Waals surface area contributed by atoms with Crippen LogP contribution in [0.15, 0.2) is 57.7 Å². The van der Waals surface area contributed by atoms with Gasteiger partial charge in [-0.15, -0.1) is 6.42 Å². The molecule has 25 heavy (non-hydrogen) atoms. The van der Waals surface area contributed by atoms with Gasteiger partial charge in [0, 0.05) is 11.9 Å². The highest BCUT2D eigenvalue weighted by Crippen LogP contribution is 2.31. The van der Waals surface area contributed by atoms with Crippen LogP contribution in [0.2, 0.25) is 0 Å². The van der Waals surface area contributed by atoms with E-state index >= 15 is 0 Å². The van der Waals surface area contributed by atoms with Crippen LogP contribution in [0, 0.1) is 12.3 Å². The van der Waals surface area contributed by atoms with Gasteiger partial charge in [0.25, 0.3) is 0 Å². The SMILES string of the molecule is C#CCN(C)Cc1ccc(OC)c2oc(=O)c(-c3ccccc3)cc12. The van der Waals surface area contributed by atoms with E-state index in [1.807, 2.05) is 60.5 Å². The first-order valence-corrected chi connectivity index (χ1v) is 7.95. The van der Waals surface area contributed by atoms with Crippen LogP contribution in [-0.4, -0.2) is 25.6 Å². The molecule has 0 atom stereocenters. The summed E-state index contributed by atoms with van der Waals surface area (Å²) < 4.78 is 11.0. The van der Waals surface area contributed by atoms with Gasteiger partial charge < -0.3 is 9.15 Å². The second-order valence-electron chi connectivity index (χ2n) is 5.86. The molecule has 0 saturated heterocycles. The normalized spacial score (nSPS) is 10.8. The van der Waals surface area contributed by atoms with Crippen molar-refractivity contribution in [2.24, 2.45) is 0 Å². The van der Waals surface area contributed by atoms with Crippen LogP contribution in [0.5, 0.6) is 5.75 Å². The molecule has 0 N–H and O–H groups in total. The van der Waals surface area contributed by atoms with E-state index in [4.69, 9.17) is 15.6 Å². The van der Waals surface area contributed by atoms with Crippen molar-refractivity contribution in [2.75, 3.05) is 20.7 Å². The summed E-state index contributed by atoms with van der Waals surface area (Å²) in [5.41, 5.74) is 2.45. The highest BCUT2D eigenvalue weighted by atomic mass is 16.5. The Balaban J connectivity index is 2.21. The van der Waals surface area contributed by atoms with Gasteiger partial charge in [-0.1, -0.05) is 42.3 Å². The molecule has 0 radical (unpaired) electrons. The Morgan fingerprint density at radius 3 is 2.64 bits per heavy atom. The molecule has 0 aliphatic heterocycles. The third-order valence-corrected chi connectivity index (χ3v) is 4.06. The lowest BCUT2D eigenvalue weighted by Crippen LogP contribution is -2.18. The van der Waals surface area contributed by atoms with Gasteiger partial charge in [-0.25, -0.2) is 4.79 Å². The van der Waals surface area contributed by atoms with Gasteiger partial charge in [-0.05, 0) is 30.3 Å². The van der Waals surface area contributed by atoms with Gasteiger partial charge >= 0.3 is 5.63 Å². The third-order valence-electron chi connectivity index (χ3n) is 4.06. The zero-order chi connectivity index (χ0) is 17.8. The lowest BCUT2D eigenvalue weighted by atomic mass is 10.0. The molecule has 0 aliphatic rings. The first-order valence-electron chi connectivity index (χ1n) is 7.95. The summed E-state index contributed by atoms with van der Waals surface area (Å²) in [5, 5.41) is 0.849. The second kappa shape index (κ2) is 7.25. The number of ether oxygens (including phenoxy) is 1. The number of rotatable bonds is 5. The summed E-state index contributed by atoms with van der Waals surface area (Å²) in [6.45, 7) is 1.18. The van der Waals surface area contributed by atoms with Crippen molar-refractivity contribution in [3.8, 4) is 29.2 Å². The van der Waals surface area contributed by atoms with E-state index in [9.17, 15) is 4.79 Å². The Kier molecular flexibility index (Phi) is 4.87. The minimum absolute atomic E-state index is 0.383. The predicted octanol–water partition coefficient (Wildman–Crippen LogP) is 3.53. The molecule has 1 heterocycles. The fraction of sp³-hybridized carbons (Fsp3) is 0.190. The topological polar surface area (TPSA) is 42.7 Å². The van der Waals surface area contributed by atoms with Crippen molar-refractivity contribution >= 4 is 11.0 Å². The number of benzene rings is 2. The van der Waals surface area contributed by atoms with E-state index < -0.39 is 0 Å². The summed E-state index contributed by atoms with van der Waals surface area (Å²) in [6, 6.07) is 15.1. The largest absolute Gasteiger partial charge is 0.493 e. The summed E-state index contributed by atoms with van der Waals surface area (Å²) in [4.78, 5) is 14.5. The van der Waals surface area contributed by atoms with E-state index in [1.165, 1.54) is 0 Å². The van der Waals surface area contributed by atoms with E-state index in [-0.39, 0.29) is 5.63 Å². The summed E-state index contributed by atoms with van der Waals surface area (Å²) >= 11 is 0. The van der Waals surface area contributed by atoms with Crippen LogP contribution in [0.4, 0.5) is 0 Å². The van der Waals surface area contributed by atoms with E-state index in [0.717, 1.165) is 16.5 Å². The molecular formula is C21H19NO3. The molecule has 0 spiro atoms. The third kappa shape index (κ3) is 3.42. The van der Waals surface area contributed by atoms with Crippen molar-refractivity contribution in [1.29, 1.82) is 0 Å². The molecule has 0 aliphatic carbocycles. The van der Waals surface area contributed by atoms with Gasteiger partial charge in [0.05, 0.1) is 19.2 Å². The number of hydrogen-bond donors (Lipinski definition) is 0. The first-order chi connectivity index (χ1) is 12.1. The molecule has 4 heteroatoms. The van der Waals surface area contributed by atoms with Crippen molar-refractivity contribution in [3.05, 3.63) is 64.5 Å². The van der Waals surface area contributed by atoms with Crippen LogP contribution in [0.3, 0.4) is 0 Å². The zero-order valence-corrected chi connectivity index (χ0v) is 14.3. The van der Waals surface area contributed by atoms with Crippen LogP contribution in [0.25, 0.3) is 22.1 Å². The van der Waals surface area contributed by atoms with E-state index in [2.05, 4.69) is 5.92 Å². The monoisotopic (exact) mass is 333 g/mol. The highest BCUT2D eigenvalue weighted by molar-refractivity contribution is 5.89. The Labute approximate surface area is 146 Å². The number of methoxy groups -OCH3 is 1. The minimum atomic E-state index is -0.383. The minimum Gasteiger partial charge on any atom is -0.493 e. The number of nitrogens with zero attached hydrogens (tertiary/aromatic N) is 1. The van der Waals surface area contributed by atoms with Crippen LogP contribution in [-0.2, 0) is 6.54 Å². The summed E-state index contributed by atoms with van der Waals surface area (Å²) in [5.74, 6) is 3.17. The maximum absolute atomic E-state index is 12.5. The van der Waals surface area contributed by atoms with Gasteiger partial charge in [0.1, 0.15) is 0 Å². The van der Waals surface area contributed by atoms with E-state index in [0.29, 0.717) is 30.0 Å².